The lowest BCUT2D eigenvalue weighted by Crippen LogP contribution is -2.38. The number of sulfonamides is 1. The van der Waals surface area contributed by atoms with Crippen molar-refractivity contribution in [2.75, 3.05) is 39.3 Å². The second-order valence-corrected chi connectivity index (χ2v) is 9.71. The molecule has 2 aromatic rings. The highest BCUT2D eigenvalue weighted by atomic mass is 35.5. The Balaban J connectivity index is 1.75. The highest BCUT2D eigenvalue weighted by molar-refractivity contribution is 7.89. The van der Waals surface area contributed by atoms with E-state index in [1.807, 2.05) is 0 Å². The zero-order valence-electron chi connectivity index (χ0n) is 17.4. The average molecular weight is 467 g/mol. The molecule has 0 N–H and O–H groups in total. The van der Waals surface area contributed by atoms with Crippen molar-refractivity contribution in [3.63, 3.8) is 0 Å². The lowest BCUT2D eigenvalue weighted by molar-refractivity contribution is -0.120. The van der Waals surface area contributed by atoms with Gasteiger partial charge in [0.15, 0.2) is 6.61 Å². The Kier molecular flexibility index (Phi) is 6.88. The van der Waals surface area contributed by atoms with Gasteiger partial charge in [-0.25, -0.2) is 17.5 Å². The summed E-state index contributed by atoms with van der Waals surface area (Å²) in [5.74, 6) is -0.533. The second kappa shape index (κ2) is 9.25. The van der Waals surface area contributed by atoms with Gasteiger partial charge in [-0.2, -0.15) is 0 Å². The van der Waals surface area contributed by atoms with E-state index in [1.165, 1.54) is 45.5 Å². The van der Waals surface area contributed by atoms with E-state index in [9.17, 15) is 18.0 Å². The number of aryl methyl sites for hydroxylation is 1. The number of carbonyl (C=O) groups excluding carboxylic acids is 2. The molecule has 3 rings (SSSR count). The number of fused-ring (bicyclic) bond motifs is 1. The zero-order chi connectivity index (χ0) is 22.8. The topological polar surface area (TPSA) is 93.2 Å². The fourth-order valence-electron chi connectivity index (χ4n) is 3.28. The molecule has 0 spiro atoms. The number of anilines is 1. The van der Waals surface area contributed by atoms with Crippen LogP contribution in [0.5, 0.6) is 5.75 Å². The lowest BCUT2D eigenvalue weighted by Gasteiger charge is -2.30. The fraction of sp³-hybridized carbons (Fsp3) is 0.333. The monoisotopic (exact) mass is 466 g/mol. The minimum absolute atomic E-state index is 0.188. The van der Waals surface area contributed by atoms with Crippen LogP contribution in [0.2, 0.25) is 5.02 Å². The molecule has 1 aliphatic rings. The van der Waals surface area contributed by atoms with Crippen LogP contribution in [0.15, 0.2) is 41.3 Å². The molecule has 166 valence electrons. The molecular weight excluding hydrogens is 444 g/mol. The molecule has 1 aliphatic heterocycles. The molecule has 0 aliphatic carbocycles. The van der Waals surface area contributed by atoms with Crippen molar-refractivity contribution in [2.45, 2.75) is 17.7 Å². The molecule has 0 radical (unpaired) electrons. The SMILES string of the molecule is COC(=O)c1ccc(OCC(=O)N2CCCc3cc(S(=O)(=O)N(C)C)ccc32)c(Cl)c1. The molecule has 0 unspecified atom stereocenters. The van der Waals surface area contributed by atoms with Gasteiger partial charge < -0.3 is 14.4 Å². The van der Waals surface area contributed by atoms with E-state index in [4.69, 9.17) is 16.3 Å². The third-order valence-electron chi connectivity index (χ3n) is 4.95. The molecular formula is C21H23ClN2O6S. The Labute approximate surface area is 186 Å². The molecule has 0 atom stereocenters. The lowest BCUT2D eigenvalue weighted by atomic mass is 10.0. The van der Waals surface area contributed by atoms with Gasteiger partial charge in [-0.3, -0.25) is 4.79 Å². The molecule has 0 bridgehead atoms. The summed E-state index contributed by atoms with van der Waals surface area (Å²) in [5, 5.41) is 0.188. The third-order valence-corrected chi connectivity index (χ3v) is 7.06. The van der Waals surface area contributed by atoms with Crippen molar-refractivity contribution < 1.29 is 27.5 Å². The Bertz CT molecular complexity index is 1120. The van der Waals surface area contributed by atoms with Gasteiger partial charge in [0.1, 0.15) is 5.75 Å². The van der Waals surface area contributed by atoms with Gasteiger partial charge in [-0.1, -0.05) is 11.6 Å². The smallest absolute Gasteiger partial charge is 0.337 e. The number of hydrogen-bond acceptors (Lipinski definition) is 6. The van der Waals surface area contributed by atoms with Gasteiger partial charge in [-0.05, 0) is 54.8 Å². The first kappa shape index (κ1) is 23.1. The molecule has 1 amide bonds. The van der Waals surface area contributed by atoms with Crippen LogP contribution in [0.4, 0.5) is 5.69 Å². The van der Waals surface area contributed by atoms with E-state index >= 15 is 0 Å². The Morgan fingerprint density at radius 2 is 1.90 bits per heavy atom. The number of esters is 1. The van der Waals surface area contributed by atoms with Crippen LogP contribution in [-0.4, -0.2) is 59.0 Å². The van der Waals surface area contributed by atoms with Crippen LogP contribution in [-0.2, 0) is 26.0 Å². The molecule has 8 nitrogen and oxygen atoms in total. The number of methoxy groups -OCH3 is 1. The number of halogens is 1. The highest BCUT2D eigenvalue weighted by Crippen LogP contribution is 2.31. The summed E-state index contributed by atoms with van der Waals surface area (Å²) in [6.07, 6.45) is 1.39. The number of benzene rings is 2. The molecule has 1 heterocycles. The first-order valence-corrected chi connectivity index (χ1v) is 11.3. The number of carbonyl (C=O) groups is 2. The van der Waals surface area contributed by atoms with Gasteiger partial charge >= 0.3 is 5.97 Å². The molecule has 0 fully saturated rings. The van der Waals surface area contributed by atoms with E-state index < -0.39 is 16.0 Å². The summed E-state index contributed by atoms with van der Waals surface area (Å²) in [6.45, 7) is 0.248. The Hall–Kier alpha value is -2.62. The van der Waals surface area contributed by atoms with E-state index in [1.54, 1.807) is 17.0 Å². The summed E-state index contributed by atoms with van der Waals surface area (Å²) in [6, 6.07) is 9.19. The van der Waals surface area contributed by atoms with Crippen LogP contribution < -0.4 is 9.64 Å². The number of rotatable bonds is 6. The Morgan fingerprint density at radius 1 is 1.16 bits per heavy atom. The standard InChI is InChI=1S/C21H23ClN2O6S/c1-23(2)31(27,28)16-7-8-18-14(11-16)5-4-10-24(18)20(25)13-30-19-9-6-15(12-17(19)22)21(26)29-3/h6-9,11-12H,4-5,10,13H2,1-3H3. The van der Waals surface area contributed by atoms with Crippen molar-refractivity contribution in [1.29, 1.82) is 0 Å². The second-order valence-electron chi connectivity index (χ2n) is 7.15. The summed E-state index contributed by atoms with van der Waals surface area (Å²) < 4.78 is 36.2. The fourth-order valence-corrected chi connectivity index (χ4v) is 4.47. The molecule has 0 saturated carbocycles. The first-order chi connectivity index (χ1) is 14.6. The Morgan fingerprint density at radius 3 is 2.55 bits per heavy atom. The van der Waals surface area contributed by atoms with Crippen LogP contribution >= 0.6 is 11.6 Å². The predicted octanol–water partition coefficient (Wildman–Crippen LogP) is 2.74. The van der Waals surface area contributed by atoms with Crippen molar-refractivity contribution in [1.82, 2.24) is 4.31 Å². The number of nitrogens with zero attached hydrogens (tertiary/aromatic N) is 2. The average Bonchev–Trinajstić information content (AvgIpc) is 2.76. The number of amides is 1. The van der Waals surface area contributed by atoms with Gasteiger partial charge in [0, 0.05) is 26.3 Å². The van der Waals surface area contributed by atoms with Gasteiger partial charge in [0.05, 0.1) is 22.6 Å². The number of ether oxygens (including phenoxy) is 2. The quantitative estimate of drug-likeness (QED) is 0.608. The van der Waals surface area contributed by atoms with Gasteiger partial charge in [0.25, 0.3) is 5.91 Å². The van der Waals surface area contributed by atoms with Crippen LogP contribution in [0, 0.1) is 0 Å². The number of hydrogen-bond donors (Lipinski definition) is 0. The van der Waals surface area contributed by atoms with Gasteiger partial charge in [-0.15, -0.1) is 0 Å². The van der Waals surface area contributed by atoms with Crippen LogP contribution in [0.3, 0.4) is 0 Å². The molecule has 0 aromatic heterocycles. The first-order valence-electron chi connectivity index (χ1n) is 9.51. The molecule has 2 aromatic carbocycles. The molecule has 10 heteroatoms. The molecule has 31 heavy (non-hydrogen) atoms. The van der Waals surface area contributed by atoms with E-state index in [0.717, 1.165) is 9.87 Å². The minimum Gasteiger partial charge on any atom is -0.482 e. The van der Waals surface area contributed by atoms with Crippen molar-refractivity contribution in [3.8, 4) is 5.75 Å². The summed E-state index contributed by atoms with van der Waals surface area (Å²) in [5.41, 5.74) is 1.74. The minimum atomic E-state index is -3.55. The predicted molar refractivity (Wildman–Crippen MR) is 116 cm³/mol. The summed E-state index contributed by atoms with van der Waals surface area (Å²) >= 11 is 6.15. The largest absolute Gasteiger partial charge is 0.482 e. The van der Waals surface area contributed by atoms with Crippen molar-refractivity contribution in [3.05, 3.63) is 52.5 Å². The van der Waals surface area contributed by atoms with E-state index in [0.29, 0.717) is 25.1 Å². The maximum Gasteiger partial charge on any atom is 0.337 e. The van der Waals surface area contributed by atoms with Crippen LogP contribution in [0.1, 0.15) is 22.3 Å². The van der Waals surface area contributed by atoms with Gasteiger partial charge in [0.2, 0.25) is 10.0 Å². The normalized spacial score (nSPS) is 13.6. The third kappa shape index (κ3) is 4.84. The van der Waals surface area contributed by atoms with E-state index in [-0.39, 0.29) is 33.7 Å². The summed E-state index contributed by atoms with van der Waals surface area (Å²) in [7, 11) is 0.673. The van der Waals surface area contributed by atoms with Crippen LogP contribution in [0.25, 0.3) is 0 Å². The maximum absolute atomic E-state index is 12.8. The molecule has 0 saturated heterocycles. The van der Waals surface area contributed by atoms with E-state index in [2.05, 4.69) is 4.74 Å². The summed E-state index contributed by atoms with van der Waals surface area (Å²) in [4.78, 5) is 26.2. The zero-order valence-corrected chi connectivity index (χ0v) is 19.0. The maximum atomic E-state index is 12.8. The van der Waals surface area contributed by atoms with Crippen molar-refractivity contribution in [2.24, 2.45) is 0 Å². The van der Waals surface area contributed by atoms with Crippen molar-refractivity contribution >= 4 is 39.2 Å². The highest BCUT2D eigenvalue weighted by Gasteiger charge is 2.26.